The summed E-state index contributed by atoms with van der Waals surface area (Å²) in [5.41, 5.74) is 1.51. The lowest BCUT2D eigenvalue weighted by Gasteiger charge is -2.23. The second-order valence-corrected chi connectivity index (χ2v) is 9.06. The molecule has 0 saturated heterocycles. The first-order valence-electron chi connectivity index (χ1n) is 9.15. The van der Waals surface area contributed by atoms with E-state index in [9.17, 15) is 17.9 Å². The number of aliphatic hydroxyl groups is 1. The molecule has 152 valence electrons. The summed E-state index contributed by atoms with van der Waals surface area (Å²) in [6.45, 7) is 0.0468. The standard InChI is InChI=1S/C21H21FN2O4S/c1-29(26,27)23(14-17-5-4-10-28-17)12-16(25)13-24-20-7-3-2-6-18(20)19-9-8-15(22)11-21(19)24/h2-11,16,25H,12-14H2,1H3. The van der Waals surface area contributed by atoms with E-state index >= 15 is 0 Å². The van der Waals surface area contributed by atoms with Crippen LogP contribution in [0.2, 0.25) is 0 Å². The Morgan fingerprint density at radius 1 is 1.10 bits per heavy atom. The van der Waals surface area contributed by atoms with Crippen molar-refractivity contribution in [1.29, 1.82) is 0 Å². The molecule has 29 heavy (non-hydrogen) atoms. The quantitative estimate of drug-likeness (QED) is 0.501. The lowest BCUT2D eigenvalue weighted by molar-refractivity contribution is 0.127. The summed E-state index contributed by atoms with van der Waals surface area (Å²) in [5, 5.41) is 12.5. The van der Waals surface area contributed by atoms with Crippen molar-refractivity contribution in [1.82, 2.24) is 8.87 Å². The van der Waals surface area contributed by atoms with E-state index in [4.69, 9.17) is 4.42 Å². The average molecular weight is 416 g/mol. The third-order valence-corrected chi connectivity index (χ3v) is 6.14. The fourth-order valence-electron chi connectivity index (χ4n) is 3.62. The van der Waals surface area contributed by atoms with Crippen molar-refractivity contribution >= 4 is 31.8 Å². The number of aliphatic hydroxyl groups excluding tert-OH is 1. The van der Waals surface area contributed by atoms with Crippen molar-refractivity contribution in [3.8, 4) is 0 Å². The van der Waals surface area contributed by atoms with Crippen LogP contribution in [0.5, 0.6) is 0 Å². The Bertz CT molecular complexity index is 1250. The number of fused-ring (bicyclic) bond motifs is 3. The molecule has 0 amide bonds. The number of rotatable bonds is 7. The molecule has 0 saturated carbocycles. The van der Waals surface area contributed by atoms with E-state index in [2.05, 4.69) is 0 Å². The number of halogens is 1. The first-order chi connectivity index (χ1) is 13.8. The maximum Gasteiger partial charge on any atom is 0.211 e. The fourth-order valence-corrected chi connectivity index (χ4v) is 4.42. The van der Waals surface area contributed by atoms with E-state index < -0.39 is 16.1 Å². The molecule has 0 spiro atoms. The zero-order valence-electron chi connectivity index (χ0n) is 15.8. The molecule has 1 atom stereocenters. The summed E-state index contributed by atoms with van der Waals surface area (Å²) in [7, 11) is -3.56. The summed E-state index contributed by atoms with van der Waals surface area (Å²) in [5.74, 6) is 0.119. The highest BCUT2D eigenvalue weighted by Crippen LogP contribution is 2.29. The largest absolute Gasteiger partial charge is 0.468 e. The van der Waals surface area contributed by atoms with Gasteiger partial charge in [0.2, 0.25) is 10.0 Å². The van der Waals surface area contributed by atoms with Crippen molar-refractivity contribution in [2.45, 2.75) is 19.2 Å². The fraction of sp³-hybridized carbons (Fsp3) is 0.238. The van der Waals surface area contributed by atoms with Crippen molar-refractivity contribution in [2.24, 2.45) is 0 Å². The van der Waals surface area contributed by atoms with Gasteiger partial charge in [-0.15, -0.1) is 0 Å². The molecule has 1 N–H and O–H groups in total. The van der Waals surface area contributed by atoms with Gasteiger partial charge in [-0.3, -0.25) is 0 Å². The van der Waals surface area contributed by atoms with Crippen molar-refractivity contribution in [2.75, 3.05) is 12.8 Å². The molecule has 0 radical (unpaired) electrons. The molecule has 4 rings (SSSR count). The number of hydrogen-bond donors (Lipinski definition) is 1. The van der Waals surface area contributed by atoms with Gasteiger partial charge in [0.1, 0.15) is 11.6 Å². The Morgan fingerprint density at radius 3 is 2.59 bits per heavy atom. The Balaban J connectivity index is 1.65. The van der Waals surface area contributed by atoms with Gasteiger partial charge in [0.05, 0.1) is 37.2 Å². The second-order valence-electron chi connectivity index (χ2n) is 7.08. The summed E-state index contributed by atoms with van der Waals surface area (Å²) in [6, 6.07) is 15.5. The molecule has 6 nitrogen and oxygen atoms in total. The van der Waals surface area contributed by atoms with Crippen LogP contribution in [0.4, 0.5) is 4.39 Å². The van der Waals surface area contributed by atoms with Crippen LogP contribution in [0.1, 0.15) is 5.76 Å². The van der Waals surface area contributed by atoms with Gasteiger partial charge in [-0.1, -0.05) is 18.2 Å². The van der Waals surface area contributed by atoms with Gasteiger partial charge in [0, 0.05) is 22.8 Å². The van der Waals surface area contributed by atoms with Crippen LogP contribution in [-0.4, -0.2) is 41.3 Å². The number of benzene rings is 2. The minimum atomic E-state index is -3.56. The summed E-state index contributed by atoms with van der Waals surface area (Å²) in [4.78, 5) is 0. The number of furan rings is 1. The van der Waals surface area contributed by atoms with Crippen LogP contribution in [0.15, 0.2) is 65.3 Å². The molecule has 1 unspecified atom stereocenters. The molecule has 0 aliphatic heterocycles. The smallest absolute Gasteiger partial charge is 0.211 e. The molecular formula is C21H21FN2O4S. The lowest BCUT2D eigenvalue weighted by atomic mass is 10.1. The Hall–Kier alpha value is -2.68. The minimum Gasteiger partial charge on any atom is -0.468 e. The van der Waals surface area contributed by atoms with E-state index in [0.717, 1.165) is 22.5 Å². The van der Waals surface area contributed by atoms with E-state index in [-0.39, 0.29) is 25.5 Å². The van der Waals surface area contributed by atoms with Crippen molar-refractivity contribution in [3.05, 3.63) is 72.4 Å². The van der Waals surface area contributed by atoms with E-state index in [1.165, 1.54) is 22.7 Å². The van der Waals surface area contributed by atoms with Gasteiger partial charge in [-0.05, 0) is 36.4 Å². The lowest BCUT2D eigenvalue weighted by Crippen LogP contribution is -2.38. The zero-order chi connectivity index (χ0) is 20.6. The molecule has 2 aromatic heterocycles. The third-order valence-electron chi connectivity index (χ3n) is 4.92. The molecular weight excluding hydrogens is 395 g/mol. The van der Waals surface area contributed by atoms with Crippen LogP contribution < -0.4 is 0 Å². The molecule has 0 aliphatic rings. The number of hydrogen-bond acceptors (Lipinski definition) is 4. The summed E-state index contributed by atoms with van der Waals surface area (Å²) in [6.07, 6.45) is 1.57. The third kappa shape index (κ3) is 4.05. The van der Waals surface area contributed by atoms with Gasteiger partial charge < -0.3 is 14.1 Å². The highest BCUT2D eigenvalue weighted by molar-refractivity contribution is 7.88. The van der Waals surface area contributed by atoms with Crippen LogP contribution >= 0.6 is 0 Å². The summed E-state index contributed by atoms with van der Waals surface area (Å²) < 4.78 is 46.5. The number of para-hydroxylation sites is 1. The molecule has 2 aromatic carbocycles. The zero-order valence-corrected chi connectivity index (χ0v) is 16.6. The molecule has 4 aromatic rings. The minimum absolute atomic E-state index is 0.0324. The Labute approximate surface area is 167 Å². The van der Waals surface area contributed by atoms with Crippen molar-refractivity contribution in [3.63, 3.8) is 0 Å². The number of nitrogens with zero attached hydrogens (tertiary/aromatic N) is 2. The SMILES string of the molecule is CS(=O)(=O)N(Cc1ccco1)CC(O)Cn1c2ccccc2c2ccc(F)cc21. The Morgan fingerprint density at radius 2 is 1.86 bits per heavy atom. The highest BCUT2D eigenvalue weighted by Gasteiger charge is 2.23. The van der Waals surface area contributed by atoms with Crippen LogP contribution in [-0.2, 0) is 23.1 Å². The maximum atomic E-state index is 13.9. The van der Waals surface area contributed by atoms with Gasteiger partial charge in [-0.2, -0.15) is 4.31 Å². The van der Waals surface area contributed by atoms with Gasteiger partial charge in [-0.25, -0.2) is 12.8 Å². The molecule has 8 heteroatoms. The monoisotopic (exact) mass is 416 g/mol. The van der Waals surface area contributed by atoms with Gasteiger partial charge in [0.15, 0.2) is 0 Å². The Kier molecular flexibility index (Phi) is 5.16. The van der Waals surface area contributed by atoms with Crippen LogP contribution in [0.25, 0.3) is 21.8 Å². The first-order valence-corrected chi connectivity index (χ1v) is 11.0. The highest BCUT2D eigenvalue weighted by atomic mass is 32.2. The maximum absolute atomic E-state index is 13.9. The second kappa shape index (κ2) is 7.62. The average Bonchev–Trinajstić information content (AvgIpc) is 3.27. The van der Waals surface area contributed by atoms with E-state index in [1.807, 2.05) is 28.8 Å². The topological polar surface area (TPSA) is 75.7 Å². The predicted molar refractivity (Wildman–Crippen MR) is 109 cm³/mol. The number of sulfonamides is 1. The summed E-state index contributed by atoms with van der Waals surface area (Å²) >= 11 is 0. The van der Waals surface area contributed by atoms with E-state index in [0.29, 0.717) is 11.3 Å². The van der Waals surface area contributed by atoms with Crippen LogP contribution in [0.3, 0.4) is 0 Å². The van der Waals surface area contributed by atoms with Gasteiger partial charge in [0.25, 0.3) is 0 Å². The molecule has 2 heterocycles. The normalized spacial score (nSPS) is 13.5. The number of aromatic nitrogens is 1. The van der Waals surface area contributed by atoms with Crippen molar-refractivity contribution < 1.29 is 22.3 Å². The molecule has 0 fully saturated rings. The van der Waals surface area contributed by atoms with E-state index in [1.54, 1.807) is 18.2 Å². The van der Waals surface area contributed by atoms with Crippen LogP contribution in [0, 0.1) is 5.82 Å². The molecule has 0 aliphatic carbocycles. The first kappa shape index (κ1) is 19.6. The molecule has 0 bridgehead atoms. The van der Waals surface area contributed by atoms with Gasteiger partial charge >= 0.3 is 0 Å². The predicted octanol–water partition coefficient (Wildman–Crippen LogP) is 3.35.